The molecule has 0 spiro atoms. The van der Waals surface area contributed by atoms with Gasteiger partial charge in [0.15, 0.2) is 5.85 Å². The van der Waals surface area contributed by atoms with Crippen LogP contribution >= 0.6 is 30.8 Å². The first-order chi connectivity index (χ1) is 15.9. The van der Waals surface area contributed by atoms with Crippen molar-refractivity contribution in [2.45, 2.75) is 98.1 Å². The molecule has 0 bridgehead atoms. The van der Waals surface area contributed by atoms with Gasteiger partial charge in [0.2, 0.25) is 0 Å². The van der Waals surface area contributed by atoms with E-state index in [1.165, 1.54) is 0 Å². The first-order valence-corrected chi connectivity index (χ1v) is 15.4. The molecule has 0 aliphatic heterocycles. The molecule has 2 aliphatic rings. The van der Waals surface area contributed by atoms with Crippen molar-refractivity contribution in [3.63, 3.8) is 0 Å². The molecule has 8 atom stereocenters. The quantitative estimate of drug-likeness (QED) is 0.339. The maximum absolute atomic E-state index is 14.7. The molecule has 0 heterocycles. The second-order valence-electron chi connectivity index (χ2n) is 11.5. The van der Waals surface area contributed by atoms with Crippen molar-refractivity contribution in [2.75, 3.05) is 0 Å². The van der Waals surface area contributed by atoms with Crippen LogP contribution in [0.1, 0.15) is 91.5 Å². The van der Waals surface area contributed by atoms with E-state index in [1.807, 2.05) is 0 Å². The van der Waals surface area contributed by atoms with Crippen LogP contribution in [0.15, 0.2) is 18.2 Å². The molecule has 194 valence electrons. The number of halogens is 2. The topological polar surface area (TPSA) is 55.8 Å². The van der Waals surface area contributed by atoms with E-state index in [1.54, 1.807) is 18.2 Å². The molecule has 1 N–H and O–H groups in total. The second-order valence-corrected chi connectivity index (χ2v) is 14.4. The van der Waals surface area contributed by atoms with Crippen molar-refractivity contribution >= 4 is 30.8 Å². The lowest BCUT2D eigenvalue weighted by molar-refractivity contribution is -0.0153. The Hall–Kier alpha value is -0.0900. The molecule has 4 nitrogen and oxygen atoms in total. The summed E-state index contributed by atoms with van der Waals surface area (Å²) in [5.74, 6) is 0.804. The molecule has 1 aromatic rings. The minimum Gasteiger partial charge on any atom is -0.376 e. The zero-order valence-electron chi connectivity index (χ0n) is 21.5. The summed E-state index contributed by atoms with van der Waals surface area (Å²) in [7, 11) is -3.99. The number of hydrogen-bond donors (Lipinski definition) is 1. The van der Waals surface area contributed by atoms with Gasteiger partial charge in [0.25, 0.3) is 0 Å². The van der Waals surface area contributed by atoms with Gasteiger partial charge in [0.05, 0.1) is 12.2 Å². The van der Waals surface area contributed by atoms with Gasteiger partial charge in [0, 0.05) is 15.6 Å². The summed E-state index contributed by atoms with van der Waals surface area (Å²) in [6.45, 7) is 13.2. The number of rotatable bonds is 8. The highest BCUT2D eigenvalue weighted by molar-refractivity contribution is 7.54. The van der Waals surface area contributed by atoms with E-state index in [9.17, 15) is 9.67 Å². The van der Waals surface area contributed by atoms with Gasteiger partial charge in [-0.25, -0.2) is 0 Å². The van der Waals surface area contributed by atoms with E-state index in [4.69, 9.17) is 32.2 Å². The molecule has 2 aliphatic carbocycles. The summed E-state index contributed by atoms with van der Waals surface area (Å²) in [6.07, 6.45) is 5.48. The van der Waals surface area contributed by atoms with Crippen molar-refractivity contribution in [1.29, 1.82) is 0 Å². The summed E-state index contributed by atoms with van der Waals surface area (Å²) < 4.78 is 27.6. The highest BCUT2D eigenvalue weighted by atomic mass is 35.5. The van der Waals surface area contributed by atoms with E-state index >= 15 is 0 Å². The highest BCUT2D eigenvalue weighted by Gasteiger charge is 2.46. The van der Waals surface area contributed by atoms with E-state index in [2.05, 4.69) is 41.5 Å². The molecule has 0 aromatic heterocycles. The zero-order valence-corrected chi connectivity index (χ0v) is 24.0. The summed E-state index contributed by atoms with van der Waals surface area (Å²) in [5.41, 5.74) is 0.337. The SMILES string of the molecule is CC(C)[C@H]1CC[C@@H](C)C[C@H]1OP(=O)(O[C@@H]1C[C@H](C)CC[C@H]1C(C)C)[C@H](O)c1ccc(Cl)cc1Cl. The highest BCUT2D eigenvalue weighted by Crippen LogP contribution is 2.65. The van der Waals surface area contributed by atoms with Crippen LogP contribution in [0.3, 0.4) is 0 Å². The lowest BCUT2D eigenvalue weighted by atomic mass is 9.75. The smallest absolute Gasteiger partial charge is 0.364 e. The molecule has 2 saturated carbocycles. The molecule has 0 radical (unpaired) electrons. The normalized spacial score (nSPS) is 33.1. The Bertz CT molecular complexity index is 823. The Labute approximate surface area is 216 Å². The van der Waals surface area contributed by atoms with Crippen LogP contribution in [0, 0.1) is 35.5 Å². The van der Waals surface area contributed by atoms with Crippen molar-refractivity contribution in [3.8, 4) is 0 Å². The van der Waals surface area contributed by atoms with Gasteiger partial charge in [-0.15, -0.1) is 0 Å². The van der Waals surface area contributed by atoms with Crippen molar-refractivity contribution < 1.29 is 18.7 Å². The molecule has 1 unspecified atom stereocenters. The minimum atomic E-state index is -3.99. The van der Waals surface area contributed by atoms with Gasteiger partial charge in [-0.3, -0.25) is 4.57 Å². The fraction of sp³-hybridized carbons (Fsp3) is 0.778. The number of benzene rings is 1. The Balaban J connectivity index is 1.98. The average molecular weight is 534 g/mol. The van der Waals surface area contributed by atoms with E-state index in [0.717, 1.165) is 38.5 Å². The van der Waals surface area contributed by atoms with E-state index in [0.29, 0.717) is 34.3 Å². The largest absolute Gasteiger partial charge is 0.376 e. The van der Waals surface area contributed by atoms with Crippen molar-refractivity contribution in [2.24, 2.45) is 35.5 Å². The first-order valence-electron chi connectivity index (χ1n) is 13.0. The van der Waals surface area contributed by atoms with Gasteiger partial charge in [-0.2, -0.15) is 0 Å². The van der Waals surface area contributed by atoms with E-state index in [-0.39, 0.29) is 29.1 Å². The average Bonchev–Trinajstić information content (AvgIpc) is 2.73. The van der Waals surface area contributed by atoms with Gasteiger partial charge in [-0.1, -0.05) is 83.7 Å². The standard InChI is InChI=1S/C27H43Cl2O4P/c1-16(2)21-10-7-18(5)13-25(21)32-34(31,27(30)23-12-9-20(28)15-24(23)29)33-26-14-19(6)8-11-22(26)17(3)4/h9,12,15-19,21-22,25-27,30H,7-8,10-11,13-14H2,1-6H3/t18-,19-,21-,22+,25-,26-,27+,34?/m1/s1. The van der Waals surface area contributed by atoms with Crippen LogP contribution in [-0.4, -0.2) is 17.3 Å². The third kappa shape index (κ3) is 6.81. The fourth-order valence-corrected chi connectivity index (χ4v) is 8.54. The van der Waals surface area contributed by atoms with Gasteiger partial charge >= 0.3 is 7.60 Å². The Kier molecular flexibility index (Phi) is 10.0. The van der Waals surface area contributed by atoms with Crippen LogP contribution in [0.25, 0.3) is 0 Å². The maximum Gasteiger partial charge on any atom is 0.364 e. The molecule has 7 heteroatoms. The molecule has 2 fully saturated rings. The Morgan fingerprint density at radius 1 is 0.882 bits per heavy atom. The summed E-state index contributed by atoms with van der Waals surface area (Å²) in [5, 5.41) is 12.2. The molecule has 0 saturated heterocycles. The number of aliphatic hydroxyl groups is 1. The third-order valence-corrected chi connectivity index (χ3v) is 10.6. The predicted octanol–water partition coefficient (Wildman–Crippen LogP) is 9.13. The molecule has 0 amide bonds. The Morgan fingerprint density at radius 3 is 1.76 bits per heavy atom. The number of aliphatic hydroxyl groups excluding tert-OH is 1. The number of hydrogen-bond acceptors (Lipinski definition) is 4. The molecule has 34 heavy (non-hydrogen) atoms. The van der Waals surface area contributed by atoms with Crippen LogP contribution in [0.5, 0.6) is 0 Å². The summed E-state index contributed by atoms with van der Waals surface area (Å²) in [6, 6.07) is 4.84. The van der Waals surface area contributed by atoms with Crippen molar-refractivity contribution in [3.05, 3.63) is 33.8 Å². The van der Waals surface area contributed by atoms with Crippen LogP contribution in [0.4, 0.5) is 0 Å². The molecular formula is C27H43Cl2O4P. The Morgan fingerprint density at radius 2 is 1.35 bits per heavy atom. The molecule has 3 rings (SSSR count). The monoisotopic (exact) mass is 532 g/mol. The first kappa shape index (κ1) is 28.5. The lowest BCUT2D eigenvalue weighted by Gasteiger charge is -2.42. The van der Waals surface area contributed by atoms with Gasteiger partial charge in [0.1, 0.15) is 0 Å². The fourth-order valence-electron chi connectivity index (χ4n) is 5.87. The second kappa shape index (κ2) is 12.0. The van der Waals surface area contributed by atoms with Crippen LogP contribution < -0.4 is 0 Å². The maximum atomic E-state index is 14.7. The lowest BCUT2D eigenvalue weighted by Crippen LogP contribution is -2.37. The third-order valence-electron chi connectivity index (χ3n) is 8.03. The summed E-state index contributed by atoms with van der Waals surface area (Å²) in [4.78, 5) is 0. The van der Waals surface area contributed by atoms with Crippen molar-refractivity contribution in [1.82, 2.24) is 0 Å². The predicted molar refractivity (Wildman–Crippen MR) is 141 cm³/mol. The zero-order chi connectivity index (χ0) is 25.2. The van der Waals surface area contributed by atoms with E-state index < -0.39 is 13.4 Å². The van der Waals surface area contributed by atoms with Gasteiger partial charge in [-0.05, 0) is 73.3 Å². The van der Waals surface area contributed by atoms with Crippen LogP contribution in [-0.2, 0) is 13.6 Å². The minimum absolute atomic E-state index is 0.228. The molecule has 1 aromatic carbocycles. The van der Waals surface area contributed by atoms with Crippen LogP contribution in [0.2, 0.25) is 10.0 Å². The van der Waals surface area contributed by atoms with Gasteiger partial charge < -0.3 is 14.2 Å². The summed E-state index contributed by atoms with van der Waals surface area (Å²) >= 11 is 12.5. The molecular weight excluding hydrogens is 490 g/mol.